The van der Waals surface area contributed by atoms with Crippen LogP contribution in [0.5, 0.6) is 0 Å². The van der Waals surface area contributed by atoms with E-state index in [1.165, 1.54) is 0 Å². The molecule has 0 aliphatic carbocycles. The summed E-state index contributed by atoms with van der Waals surface area (Å²) in [6.45, 7) is 13.6. The predicted molar refractivity (Wildman–Crippen MR) is 159 cm³/mol. The zero-order chi connectivity index (χ0) is 27.4. The van der Waals surface area contributed by atoms with Gasteiger partial charge in [-0.05, 0) is 83.0 Å². The summed E-state index contributed by atoms with van der Waals surface area (Å²) in [6.07, 6.45) is 4.11. The lowest BCUT2D eigenvalue weighted by Crippen LogP contribution is -2.41. The first-order chi connectivity index (χ1) is 19.2. The molecule has 0 spiro atoms. The van der Waals surface area contributed by atoms with Gasteiger partial charge in [-0.3, -0.25) is 10.1 Å². The Kier molecular flexibility index (Phi) is 16.5. The number of nitrogens with zero attached hydrogens (tertiary/aromatic N) is 2. The highest BCUT2D eigenvalue weighted by Crippen LogP contribution is 2.23. The third-order valence-corrected chi connectivity index (χ3v) is 7.43. The van der Waals surface area contributed by atoms with E-state index in [9.17, 15) is 10.1 Å². The molecular formula is C28H53N9O2. The van der Waals surface area contributed by atoms with Crippen LogP contribution in [0.3, 0.4) is 0 Å². The van der Waals surface area contributed by atoms with Crippen LogP contribution in [0.4, 0.5) is 0 Å². The van der Waals surface area contributed by atoms with Crippen molar-refractivity contribution in [1.82, 2.24) is 42.1 Å². The van der Waals surface area contributed by atoms with Gasteiger partial charge in [-0.25, -0.2) is 4.90 Å². The predicted octanol–water partition coefficient (Wildman–Crippen LogP) is -0.110. The van der Waals surface area contributed by atoms with Crippen LogP contribution in [-0.2, 0) is 6.42 Å². The van der Waals surface area contributed by atoms with E-state index in [1.54, 1.807) is 0 Å². The smallest absolute Gasteiger partial charge is 0.294 e. The molecular weight excluding hydrogens is 494 g/mol. The fraction of sp³-hybridized carbons (Fsp3) is 0.786. The van der Waals surface area contributed by atoms with E-state index < -0.39 is 6.17 Å². The molecule has 2 saturated heterocycles. The second-order valence-electron chi connectivity index (χ2n) is 10.6. The van der Waals surface area contributed by atoms with Crippen LogP contribution in [0.25, 0.3) is 0 Å². The highest BCUT2D eigenvalue weighted by molar-refractivity contribution is 5.26. The lowest BCUT2D eigenvalue weighted by Gasteiger charge is -2.27. The number of hydrogen-bond donors (Lipinski definition) is 7. The molecule has 0 amide bonds. The van der Waals surface area contributed by atoms with Gasteiger partial charge < -0.3 is 37.2 Å². The van der Waals surface area contributed by atoms with Gasteiger partial charge >= 0.3 is 0 Å². The van der Waals surface area contributed by atoms with Crippen LogP contribution in [0.1, 0.15) is 43.0 Å². The van der Waals surface area contributed by atoms with E-state index in [0.29, 0.717) is 19.1 Å². The summed E-state index contributed by atoms with van der Waals surface area (Å²) in [7, 11) is 0. The fourth-order valence-electron chi connectivity index (χ4n) is 5.31. The Hall–Kier alpha value is -1.70. The molecule has 2 aliphatic heterocycles. The standard InChI is InChI=1S/C28H53N9O2/c38-37(39)28(36-21-4-12-32-15-14-29-9-3-11-33-20-22-36)26-6-1-5-25(23-26)24-27-7-13-34-17-16-30-8-2-10-31-18-19-35-27/h1,5-6,23,27-35H,2-4,7-22,24H2. The van der Waals surface area contributed by atoms with E-state index in [-0.39, 0.29) is 4.92 Å². The SMILES string of the molecule is O=[N+]([O-])C(c1cccc(CC2CCNCCNCCCNCCN2)c1)N1CCCNCCNCCCNCC1. The Morgan fingerprint density at radius 1 is 0.744 bits per heavy atom. The van der Waals surface area contributed by atoms with Crippen molar-refractivity contribution in [3.63, 3.8) is 0 Å². The van der Waals surface area contributed by atoms with Gasteiger partial charge in [-0.2, -0.15) is 0 Å². The van der Waals surface area contributed by atoms with Gasteiger partial charge in [0.1, 0.15) is 0 Å². The van der Waals surface area contributed by atoms with E-state index in [0.717, 1.165) is 128 Å². The van der Waals surface area contributed by atoms with Crippen LogP contribution in [0.2, 0.25) is 0 Å². The number of rotatable bonds is 5. The van der Waals surface area contributed by atoms with Crippen molar-refractivity contribution in [2.75, 3.05) is 98.2 Å². The molecule has 0 aromatic heterocycles. The quantitative estimate of drug-likeness (QED) is 0.198. The molecule has 2 atom stereocenters. The Morgan fingerprint density at radius 3 is 2.00 bits per heavy atom. The van der Waals surface area contributed by atoms with Crippen molar-refractivity contribution < 1.29 is 4.92 Å². The fourth-order valence-corrected chi connectivity index (χ4v) is 5.31. The maximum absolute atomic E-state index is 12.4. The van der Waals surface area contributed by atoms with Gasteiger partial charge in [0, 0.05) is 75.4 Å². The molecule has 11 heteroatoms. The second kappa shape index (κ2) is 20.2. The first-order valence-corrected chi connectivity index (χ1v) is 15.2. The van der Waals surface area contributed by atoms with Crippen molar-refractivity contribution in [2.24, 2.45) is 0 Å². The molecule has 2 fully saturated rings. The minimum atomic E-state index is -0.836. The molecule has 0 bridgehead atoms. The molecule has 0 saturated carbocycles. The Bertz CT molecular complexity index is 757. The molecule has 222 valence electrons. The third-order valence-electron chi connectivity index (χ3n) is 7.43. The van der Waals surface area contributed by atoms with Crippen LogP contribution in [0.15, 0.2) is 24.3 Å². The minimum absolute atomic E-state index is 0.108. The lowest BCUT2D eigenvalue weighted by atomic mass is 9.99. The van der Waals surface area contributed by atoms with Gasteiger partial charge in [0.2, 0.25) is 0 Å². The average molecular weight is 548 g/mol. The summed E-state index contributed by atoms with van der Waals surface area (Å²) < 4.78 is 0. The van der Waals surface area contributed by atoms with E-state index >= 15 is 0 Å². The van der Waals surface area contributed by atoms with Crippen molar-refractivity contribution in [1.29, 1.82) is 0 Å². The van der Waals surface area contributed by atoms with Gasteiger partial charge in [-0.15, -0.1) is 0 Å². The molecule has 3 rings (SSSR count). The van der Waals surface area contributed by atoms with Gasteiger partial charge in [0.25, 0.3) is 6.17 Å². The zero-order valence-corrected chi connectivity index (χ0v) is 23.8. The highest BCUT2D eigenvalue weighted by atomic mass is 16.6. The summed E-state index contributed by atoms with van der Waals surface area (Å²) in [5.74, 6) is 0. The largest absolute Gasteiger partial charge is 0.315 e. The molecule has 0 radical (unpaired) electrons. The molecule has 11 nitrogen and oxygen atoms in total. The Balaban J connectivity index is 1.65. The molecule has 1 aromatic rings. The first kappa shape index (κ1) is 31.8. The van der Waals surface area contributed by atoms with Crippen molar-refractivity contribution >= 4 is 0 Å². The Labute approximate surface area is 235 Å². The van der Waals surface area contributed by atoms with E-state index in [2.05, 4.69) is 49.4 Å². The number of nitro groups is 1. The van der Waals surface area contributed by atoms with Gasteiger partial charge in [0.05, 0.1) is 0 Å². The van der Waals surface area contributed by atoms with Crippen molar-refractivity contribution in [3.8, 4) is 0 Å². The number of nitrogens with one attached hydrogen (secondary N) is 7. The van der Waals surface area contributed by atoms with Crippen molar-refractivity contribution in [3.05, 3.63) is 45.5 Å². The van der Waals surface area contributed by atoms with E-state index in [1.807, 2.05) is 17.0 Å². The molecule has 2 heterocycles. The maximum Gasteiger partial charge on any atom is 0.294 e. The summed E-state index contributed by atoms with van der Waals surface area (Å²) in [4.78, 5) is 14.4. The summed E-state index contributed by atoms with van der Waals surface area (Å²) in [6, 6.07) is 8.43. The van der Waals surface area contributed by atoms with Crippen LogP contribution in [-0.4, -0.2) is 114 Å². The molecule has 7 N–H and O–H groups in total. The number of benzene rings is 1. The lowest BCUT2D eigenvalue weighted by molar-refractivity contribution is -0.558. The van der Waals surface area contributed by atoms with Crippen LogP contribution >= 0.6 is 0 Å². The van der Waals surface area contributed by atoms with Crippen molar-refractivity contribution in [2.45, 2.75) is 44.3 Å². The van der Waals surface area contributed by atoms with Crippen LogP contribution in [0, 0.1) is 10.1 Å². The summed E-state index contributed by atoms with van der Waals surface area (Å²) in [5.41, 5.74) is 1.93. The van der Waals surface area contributed by atoms with Crippen LogP contribution < -0.4 is 37.2 Å². The Morgan fingerprint density at radius 2 is 1.33 bits per heavy atom. The highest BCUT2D eigenvalue weighted by Gasteiger charge is 2.30. The summed E-state index contributed by atoms with van der Waals surface area (Å²) >= 11 is 0. The monoisotopic (exact) mass is 547 g/mol. The van der Waals surface area contributed by atoms with Gasteiger partial charge in [0.15, 0.2) is 0 Å². The number of hydrogen-bond acceptors (Lipinski definition) is 10. The molecule has 39 heavy (non-hydrogen) atoms. The zero-order valence-electron chi connectivity index (χ0n) is 23.8. The molecule has 2 unspecified atom stereocenters. The van der Waals surface area contributed by atoms with E-state index in [4.69, 9.17) is 0 Å². The summed E-state index contributed by atoms with van der Waals surface area (Å²) in [5, 5.41) is 37.1. The van der Waals surface area contributed by atoms with Gasteiger partial charge in [-0.1, -0.05) is 18.2 Å². The second-order valence-corrected chi connectivity index (χ2v) is 10.6. The first-order valence-electron chi connectivity index (χ1n) is 15.2. The maximum atomic E-state index is 12.4. The minimum Gasteiger partial charge on any atom is -0.315 e. The normalized spacial score (nSPS) is 24.2. The third kappa shape index (κ3) is 13.5. The molecule has 2 aliphatic rings. The average Bonchev–Trinajstić information content (AvgIpc) is 2.93. The molecule has 1 aromatic carbocycles. The topological polar surface area (TPSA) is 131 Å².